The maximum atomic E-state index is 10.4. The molecule has 2 N–H and O–H groups in total. The highest BCUT2D eigenvalue weighted by Gasteiger charge is 2.05. The van der Waals surface area contributed by atoms with E-state index in [-0.39, 0.29) is 6.42 Å². The minimum atomic E-state index is -0.826. The third kappa shape index (κ3) is 2.69. The average Bonchev–Trinajstić information content (AvgIpc) is 2.28. The van der Waals surface area contributed by atoms with E-state index in [0.29, 0.717) is 18.2 Å². The van der Waals surface area contributed by atoms with E-state index >= 15 is 0 Å². The summed E-state index contributed by atoms with van der Waals surface area (Å²) >= 11 is 0. The van der Waals surface area contributed by atoms with Crippen molar-refractivity contribution in [1.29, 1.82) is 0 Å². The molecule has 0 unspecified atom stereocenters. The van der Waals surface area contributed by atoms with E-state index < -0.39 is 5.97 Å². The second kappa shape index (κ2) is 4.78. The van der Waals surface area contributed by atoms with E-state index in [9.17, 15) is 4.79 Å². The number of aliphatic carboxylic acids is 1. The van der Waals surface area contributed by atoms with Crippen LogP contribution in [0.5, 0.6) is 0 Å². The molecule has 0 atom stereocenters. The van der Waals surface area contributed by atoms with Crippen LogP contribution in [0.25, 0.3) is 10.9 Å². The number of carbonyl (C=O) groups is 1. The summed E-state index contributed by atoms with van der Waals surface area (Å²) in [5.41, 5.74) is 0.859. The normalized spacial score (nSPS) is 10.4. The van der Waals surface area contributed by atoms with Gasteiger partial charge in [0.15, 0.2) is 0 Å². The van der Waals surface area contributed by atoms with Gasteiger partial charge in [-0.2, -0.15) is 0 Å². The first-order valence-corrected chi connectivity index (χ1v) is 5.36. The van der Waals surface area contributed by atoms with Gasteiger partial charge in [-0.15, -0.1) is 0 Å². The number of carboxylic acid groups (broad SMARTS) is 1. The Balaban J connectivity index is 2.29. The molecule has 0 saturated heterocycles. The lowest BCUT2D eigenvalue weighted by molar-refractivity contribution is -0.136. The van der Waals surface area contributed by atoms with Gasteiger partial charge in [0.2, 0.25) is 0 Å². The molecule has 1 aromatic carbocycles. The van der Waals surface area contributed by atoms with Crippen LogP contribution < -0.4 is 5.32 Å². The zero-order chi connectivity index (χ0) is 12.3. The van der Waals surface area contributed by atoms with Crippen LogP contribution in [0.15, 0.2) is 24.3 Å². The Bertz CT molecular complexity index is 554. The maximum absolute atomic E-state index is 10.4. The molecule has 0 spiro atoms. The Morgan fingerprint density at radius 1 is 1.35 bits per heavy atom. The van der Waals surface area contributed by atoms with Crippen molar-refractivity contribution in [1.82, 2.24) is 9.97 Å². The number of aromatic nitrogens is 2. The first kappa shape index (κ1) is 11.3. The Morgan fingerprint density at radius 2 is 2.12 bits per heavy atom. The summed E-state index contributed by atoms with van der Waals surface area (Å²) in [6, 6.07) is 7.64. The highest BCUT2D eigenvalue weighted by Crippen LogP contribution is 2.19. The summed E-state index contributed by atoms with van der Waals surface area (Å²) in [5.74, 6) is 0.531. The highest BCUT2D eigenvalue weighted by molar-refractivity contribution is 5.89. The van der Waals surface area contributed by atoms with E-state index in [1.807, 2.05) is 31.2 Å². The van der Waals surface area contributed by atoms with Crippen molar-refractivity contribution in [3.8, 4) is 0 Å². The van der Waals surface area contributed by atoms with Crippen LogP contribution in [0.1, 0.15) is 12.2 Å². The van der Waals surface area contributed by atoms with Crippen LogP contribution in [-0.2, 0) is 4.79 Å². The predicted octanol–water partition coefficient (Wildman–Crippen LogP) is 1.82. The molecule has 17 heavy (non-hydrogen) atoms. The van der Waals surface area contributed by atoms with Crippen LogP contribution >= 0.6 is 0 Å². The molecular formula is C12H13N3O2. The number of hydrogen-bond acceptors (Lipinski definition) is 4. The van der Waals surface area contributed by atoms with Crippen LogP contribution in [0.4, 0.5) is 5.82 Å². The summed E-state index contributed by atoms with van der Waals surface area (Å²) in [7, 11) is 0. The van der Waals surface area contributed by atoms with Gasteiger partial charge in [-0.25, -0.2) is 9.97 Å². The van der Waals surface area contributed by atoms with Gasteiger partial charge in [0.25, 0.3) is 0 Å². The smallest absolute Gasteiger partial charge is 0.305 e. The molecule has 0 amide bonds. The molecule has 2 aromatic rings. The van der Waals surface area contributed by atoms with E-state index in [1.165, 1.54) is 0 Å². The number of anilines is 1. The molecule has 1 aromatic heterocycles. The van der Waals surface area contributed by atoms with Crippen molar-refractivity contribution in [3.63, 3.8) is 0 Å². The van der Waals surface area contributed by atoms with Gasteiger partial charge in [0.1, 0.15) is 11.6 Å². The number of fused-ring (bicyclic) bond motifs is 1. The second-order valence-electron chi connectivity index (χ2n) is 3.71. The van der Waals surface area contributed by atoms with Crippen LogP contribution in [0.2, 0.25) is 0 Å². The van der Waals surface area contributed by atoms with Crippen molar-refractivity contribution in [2.75, 3.05) is 11.9 Å². The molecule has 2 rings (SSSR count). The molecule has 0 bridgehead atoms. The fourth-order valence-electron chi connectivity index (χ4n) is 1.62. The van der Waals surface area contributed by atoms with E-state index in [1.54, 1.807) is 0 Å². The molecular weight excluding hydrogens is 218 g/mol. The van der Waals surface area contributed by atoms with Gasteiger partial charge in [-0.3, -0.25) is 4.79 Å². The molecule has 0 aliphatic carbocycles. The number of nitrogens with zero attached hydrogens (tertiary/aromatic N) is 2. The Morgan fingerprint density at radius 3 is 2.88 bits per heavy atom. The van der Waals surface area contributed by atoms with Gasteiger partial charge in [0.05, 0.1) is 11.9 Å². The maximum Gasteiger partial charge on any atom is 0.305 e. The standard InChI is InChI=1S/C12H13N3O2/c1-8-14-10-5-3-2-4-9(10)12(15-8)13-7-6-11(16)17/h2-5H,6-7H2,1H3,(H,16,17)(H,13,14,15). The number of para-hydroxylation sites is 1. The Hall–Kier alpha value is -2.17. The Kier molecular flexibility index (Phi) is 3.18. The van der Waals surface area contributed by atoms with Crippen molar-refractivity contribution in [3.05, 3.63) is 30.1 Å². The van der Waals surface area contributed by atoms with Crippen molar-refractivity contribution >= 4 is 22.7 Å². The van der Waals surface area contributed by atoms with E-state index in [4.69, 9.17) is 5.11 Å². The highest BCUT2D eigenvalue weighted by atomic mass is 16.4. The molecule has 0 aliphatic heterocycles. The van der Waals surface area contributed by atoms with Crippen molar-refractivity contribution < 1.29 is 9.90 Å². The fraction of sp³-hybridized carbons (Fsp3) is 0.250. The molecule has 0 saturated carbocycles. The SMILES string of the molecule is Cc1nc(NCCC(=O)O)c2ccccc2n1. The fourth-order valence-corrected chi connectivity index (χ4v) is 1.62. The average molecular weight is 231 g/mol. The quantitative estimate of drug-likeness (QED) is 0.839. The number of benzene rings is 1. The lowest BCUT2D eigenvalue weighted by atomic mass is 10.2. The van der Waals surface area contributed by atoms with Gasteiger partial charge in [-0.05, 0) is 19.1 Å². The summed E-state index contributed by atoms with van der Waals surface area (Å²) in [6.07, 6.45) is 0.0668. The number of carboxylic acids is 1. The van der Waals surface area contributed by atoms with E-state index in [2.05, 4.69) is 15.3 Å². The van der Waals surface area contributed by atoms with Crippen molar-refractivity contribution in [2.45, 2.75) is 13.3 Å². The summed E-state index contributed by atoms with van der Waals surface area (Å²) in [6.45, 7) is 2.17. The Labute approximate surface area is 98.5 Å². The minimum absolute atomic E-state index is 0.0668. The van der Waals surface area contributed by atoms with Crippen LogP contribution in [0, 0.1) is 6.92 Å². The minimum Gasteiger partial charge on any atom is -0.481 e. The predicted molar refractivity (Wildman–Crippen MR) is 65.0 cm³/mol. The molecule has 5 heteroatoms. The van der Waals surface area contributed by atoms with Crippen molar-refractivity contribution in [2.24, 2.45) is 0 Å². The third-order valence-electron chi connectivity index (χ3n) is 2.35. The lowest BCUT2D eigenvalue weighted by Gasteiger charge is -2.08. The monoisotopic (exact) mass is 231 g/mol. The topological polar surface area (TPSA) is 75.1 Å². The third-order valence-corrected chi connectivity index (χ3v) is 2.35. The molecule has 88 valence electrons. The zero-order valence-corrected chi connectivity index (χ0v) is 9.47. The van der Waals surface area contributed by atoms with Gasteiger partial charge in [-0.1, -0.05) is 12.1 Å². The first-order chi connectivity index (χ1) is 8.16. The summed E-state index contributed by atoms with van der Waals surface area (Å²) < 4.78 is 0. The summed E-state index contributed by atoms with van der Waals surface area (Å²) in [5, 5.41) is 12.5. The summed E-state index contributed by atoms with van der Waals surface area (Å²) in [4.78, 5) is 19.0. The second-order valence-corrected chi connectivity index (χ2v) is 3.71. The van der Waals surface area contributed by atoms with E-state index in [0.717, 1.165) is 10.9 Å². The van der Waals surface area contributed by atoms with Gasteiger partial charge < -0.3 is 10.4 Å². The number of rotatable bonds is 4. The van der Waals surface area contributed by atoms with Gasteiger partial charge in [0, 0.05) is 11.9 Å². The van der Waals surface area contributed by atoms with Crippen LogP contribution in [0.3, 0.4) is 0 Å². The molecule has 0 radical (unpaired) electrons. The largest absolute Gasteiger partial charge is 0.481 e. The molecule has 5 nitrogen and oxygen atoms in total. The lowest BCUT2D eigenvalue weighted by Crippen LogP contribution is -2.09. The molecule has 1 heterocycles. The first-order valence-electron chi connectivity index (χ1n) is 5.36. The van der Waals surface area contributed by atoms with Gasteiger partial charge >= 0.3 is 5.97 Å². The number of hydrogen-bond donors (Lipinski definition) is 2. The van der Waals surface area contributed by atoms with Crippen LogP contribution in [-0.4, -0.2) is 27.6 Å². The molecule has 0 aliphatic rings. The zero-order valence-electron chi connectivity index (χ0n) is 9.47. The number of nitrogens with one attached hydrogen (secondary N) is 1. The number of aryl methyl sites for hydroxylation is 1. The molecule has 0 fully saturated rings.